The first-order valence-corrected chi connectivity index (χ1v) is 9.78. The molecule has 0 saturated carbocycles. The average molecular weight is 412 g/mol. The summed E-state index contributed by atoms with van der Waals surface area (Å²) in [7, 11) is 1.51. The lowest BCUT2D eigenvalue weighted by Gasteiger charge is -2.09. The summed E-state index contributed by atoms with van der Waals surface area (Å²) in [5.41, 5.74) is 1.10. The van der Waals surface area contributed by atoms with Crippen molar-refractivity contribution < 1.29 is 14.0 Å². The van der Waals surface area contributed by atoms with Crippen LogP contribution < -0.4 is 16.2 Å². The van der Waals surface area contributed by atoms with Crippen LogP contribution in [0.3, 0.4) is 0 Å². The van der Waals surface area contributed by atoms with Crippen LogP contribution >= 0.6 is 11.8 Å². The van der Waals surface area contributed by atoms with Crippen LogP contribution in [0.2, 0.25) is 0 Å². The van der Waals surface area contributed by atoms with Crippen molar-refractivity contribution in [3.05, 3.63) is 76.1 Å². The fourth-order valence-electron chi connectivity index (χ4n) is 2.43. The highest BCUT2D eigenvalue weighted by Crippen LogP contribution is 2.14. The van der Waals surface area contributed by atoms with E-state index in [-0.39, 0.29) is 23.8 Å². The van der Waals surface area contributed by atoms with Crippen LogP contribution in [0.1, 0.15) is 21.7 Å². The maximum absolute atomic E-state index is 12.5. The molecule has 2 aromatic heterocycles. The second-order valence-electron chi connectivity index (χ2n) is 6.28. The summed E-state index contributed by atoms with van der Waals surface area (Å²) in [6.45, 7) is 2.23. The number of benzene rings is 1. The van der Waals surface area contributed by atoms with Gasteiger partial charge in [0.1, 0.15) is 11.3 Å². The number of thioether (sulfide) groups is 1. The minimum absolute atomic E-state index is 0.0697. The lowest BCUT2D eigenvalue weighted by Crippen LogP contribution is -2.30. The van der Waals surface area contributed by atoms with Gasteiger partial charge < -0.3 is 15.1 Å². The first-order valence-electron chi connectivity index (χ1n) is 8.80. The molecular weight excluding hydrogens is 392 g/mol. The Morgan fingerprint density at radius 3 is 2.66 bits per heavy atom. The minimum Gasteiger partial charge on any atom is -0.467 e. The van der Waals surface area contributed by atoms with Crippen LogP contribution in [0, 0.1) is 6.92 Å². The highest BCUT2D eigenvalue weighted by atomic mass is 32.2. The van der Waals surface area contributed by atoms with E-state index in [1.165, 1.54) is 24.1 Å². The van der Waals surface area contributed by atoms with Gasteiger partial charge >= 0.3 is 0 Å². The third-order valence-electron chi connectivity index (χ3n) is 4.05. The number of amides is 2. The number of hydrogen-bond acceptors (Lipinski definition) is 6. The molecule has 2 amide bonds. The molecule has 0 atom stereocenters. The van der Waals surface area contributed by atoms with Gasteiger partial charge in [-0.25, -0.2) is 4.98 Å². The SMILES string of the molecule is Cc1ccc(NC(=O)c2cnc(SCC(=O)NCc3ccco3)n(C)c2=O)cc1. The number of anilines is 1. The molecule has 2 heterocycles. The zero-order valence-electron chi connectivity index (χ0n) is 16.0. The van der Waals surface area contributed by atoms with Crippen molar-refractivity contribution in [3.8, 4) is 0 Å². The third-order valence-corrected chi connectivity index (χ3v) is 5.10. The Labute approximate surface area is 171 Å². The molecule has 8 nitrogen and oxygen atoms in total. The Kier molecular flexibility index (Phi) is 6.50. The molecule has 0 radical (unpaired) electrons. The van der Waals surface area contributed by atoms with Gasteiger partial charge in [0.25, 0.3) is 11.5 Å². The molecule has 0 bridgehead atoms. The monoisotopic (exact) mass is 412 g/mol. The lowest BCUT2D eigenvalue weighted by atomic mass is 10.2. The molecule has 150 valence electrons. The van der Waals surface area contributed by atoms with Gasteiger partial charge in [-0.05, 0) is 31.2 Å². The van der Waals surface area contributed by atoms with Crippen LogP contribution in [0.5, 0.6) is 0 Å². The smallest absolute Gasteiger partial charge is 0.266 e. The zero-order valence-corrected chi connectivity index (χ0v) is 16.8. The van der Waals surface area contributed by atoms with Gasteiger partial charge in [0.2, 0.25) is 5.91 Å². The van der Waals surface area contributed by atoms with E-state index in [4.69, 9.17) is 4.42 Å². The Morgan fingerprint density at radius 2 is 1.97 bits per heavy atom. The van der Waals surface area contributed by atoms with Gasteiger partial charge in [-0.3, -0.25) is 19.0 Å². The maximum atomic E-state index is 12.5. The Balaban J connectivity index is 1.61. The van der Waals surface area contributed by atoms with Crippen molar-refractivity contribution in [1.29, 1.82) is 0 Å². The molecule has 2 N–H and O–H groups in total. The highest BCUT2D eigenvalue weighted by Gasteiger charge is 2.16. The number of furan rings is 1. The van der Waals surface area contributed by atoms with Crippen LogP contribution in [-0.4, -0.2) is 27.1 Å². The first-order chi connectivity index (χ1) is 13.9. The molecular formula is C20H20N4O4S. The molecule has 3 rings (SSSR count). The summed E-state index contributed by atoms with van der Waals surface area (Å²) in [4.78, 5) is 41.1. The number of rotatable bonds is 7. The van der Waals surface area contributed by atoms with Crippen LogP contribution in [0.4, 0.5) is 5.69 Å². The van der Waals surface area contributed by atoms with E-state index in [9.17, 15) is 14.4 Å². The quantitative estimate of drug-likeness (QED) is 0.456. The molecule has 0 aliphatic heterocycles. The number of hydrogen-bond donors (Lipinski definition) is 2. The van der Waals surface area contributed by atoms with Crippen molar-refractivity contribution in [2.24, 2.45) is 7.05 Å². The summed E-state index contributed by atoms with van der Waals surface area (Å²) in [6, 6.07) is 10.8. The summed E-state index contributed by atoms with van der Waals surface area (Å²) >= 11 is 1.11. The molecule has 0 unspecified atom stereocenters. The predicted molar refractivity (Wildman–Crippen MR) is 110 cm³/mol. The van der Waals surface area contributed by atoms with Gasteiger partial charge in [0.15, 0.2) is 5.16 Å². The Bertz CT molecular complexity index is 1060. The fraction of sp³-hybridized carbons (Fsp3) is 0.200. The molecule has 1 aromatic carbocycles. The molecule has 9 heteroatoms. The molecule has 29 heavy (non-hydrogen) atoms. The van der Waals surface area contributed by atoms with E-state index in [1.54, 1.807) is 24.3 Å². The second kappa shape index (κ2) is 9.24. The van der Waals surface area contributed by atoms with E-state index < -0.39 is 11.5 Å². The molecule has 0 spiro atoms. The van der Waals surface area contributed by atoms with Gasteiger partial charge in [-0.2, -0.15) is 0 Å². The average Bonchev–Trinajstić information content (AvgIpc) is 3.23. The van der Waals surface area contributed by atoms with E-state index in [0.29, 0.717) is 16.6 Å². The van der Waals surface area contributed by atoms with Crippen molar-refractivity contribution in [2.45, 2.75) is 18.6 Å². The van der Waals surface area contributed by atoms with Crippen LogP contribution in [0.15, 0.2) is 63.2 Å². The number of carbonyl (C=O) groups is 2. The van der Waals surface area contributed by atoms with Crippen LogP contribution in [0.25, 0.3) is 0 Å². The van der Waals surface area contributed by atoms with E-state index in [1.807, 2.05) is 19.1 Å². The van der Waals surface area contributed by atoms with E-state index in [2.05, 4.69) is 15.6 Å². The summed E-state index contributed by atoms with van der Waals surface area (Å²) in [5.74, 6) is -0.0232. The number of aryl methyl sites for hydroxylation is 1. The highest BCUT2D eigenvalue weighted by molar-refractivity contribution is 7.99. The van der Waals surface area contributed by atoms with Gasteiger partial charge in [0.05, 0.1) is 18.6 Å². The molecule has 0 saturated heterocycles. The predicted octanol–water partition coefficient (Wildman–Crippen LogP) is 2.34. The number of aromatic nitrogens is 2. The number of nitrogens with zero attached hydrogens (tertiary/aromatic N) is 2. The maximum Gasteiger partial charge on any atom is 0.266 e. The number of nitrogens with one attached hydrogen (secondary N) is 2. The standard InChI is InChI=1S/C20H20N4O4S/c1-13-5-7-14(8-6-13)23-18(26)16-11-22-20(24(2)19(16)27)29-12-17(25)21-10-15-4-3-9-28-15/h3-9,11H,10,12H2,1-2H3,(H,21,25)(H,23,26). The molecule has 0 aliphatic rings. The second-order valence-corrected chi connectivity index (χ2v) is 7.23. The summed E-state index contributed by atoms with van der Waals surface area (Å²) in [5, 5.41) is 5.74. The number of carbonyl (C=O) groups excluding carboxylic acids is 2. The summed E-state index contributed by atoms with van der Waals surface area (Å²) in [6.07, 6.45) is 2.77. The normalized spacial score (nSPS) is 10.6. The molecule has 0 aliphatic carbocycles. The van der Waals surface area contributed by atoms with Gasteiger partial charge in [-0.15, -0.1) is 0 Å². The first kappa shape index (κ1) is 20.4. The van der Waals surface area contributed by atoms with Crippen molar-refractivity contribution in [2.75, 3.05) is 11.1 Å². The van der Waals surface area contributed by atoms with E-state index in [0.717, 1.165) is 17.3 Å². The topological polar surface area (TPSA) is 106 Å². The van der Waals surface area contributed by atoms with Crippen molar-refractivity contribution in [1.82, 2.24) is 14.9 Å². The largest absolute Gasteiger partial charge is 0.467 e. The van der Waals surface area contributed by atoms with Crippen LogP contribution in [-0.2, 0) is 18.4 Å². The van der Waals surface area contributed by atoms with E-state index >= 15 is 0 Å². The third kappa shape index (κ3) is 5.35. The van der Waals surface area contributed by atoms with Gasteiger partial charge in [-0.1, -0.05) is 29.5 Å². The molecule has 0 fully saturated rings. The minimum atomic E-state index is -0.533. The fourth-order valence-corrected chi connectivity index (χ4v) is 3.20. The molecule has 3 aromatic rings. The summed E-state index contributed by atoms with van der Waals surface area (Å²) < 4.78 is 6.41. The van der Waals surface area contributed by atoms with Crippen molar-refractivity contribution in [3.63, 3.8) is 0 Å². The van der Waals surface area contributed by atoms with Crippen molar-refractivity contribution >= 4 is 29.3 Å². The zero-order chi connectivity index (χ0) is 20.8. The lowest BCUT2D eigenvalue weighted by molar-refractivity contribution is -0.118. The Morgan fingerprint density at radius 1 is 1.21 bits per heavy atom. The Hall–Kier alpha value is -3.33. The van der Waals surface area contributed by atoms with Gasteiger partial charge in [0, 0.05) is 18.9 Å².